The van der Waals surface area contributed by atoms with Gasteiger partial charge in [-0.2, -0.15) is 0 Å². The van der Waals surface area contributed by atoms with Gasteiger partial charge in [0.05, 0.1) is 19.5 Å². The fraction of sp³-hybridized carbons (Fsp3) is 0. The average Bonchev–Trinajstić information content (AvgIpc) is 2.93. The SMILES string of the molecule is O=C(O)c1cc2nc(-c3csc(I)c3)[nH]c2cc1F. The molecule has 19 heavy (non-hydrogen) atoms. The van der Waals surface area contributed by atoms with Crippen LogP contribution in [0.5, 0.6) is 0 Å². The van der Waals surface area contributed by atoms with Crippen LogP contribution >= 0.6 is 33.9 Å². The van der Waals surface area contributed by atoms with Crippen molar-refractivity contribution in [3.8, 4) is 11.4 Å². The number of nitrogens with one attached hydrogen (secondary N) is 1. The lowest BCUT2D eigenvalue weighted by molar-refractivity contribution is 0.0692. The van der Waals surface area contributed by atoms with Gasteiger partial charge >= 0.3 is 5.97 Å². The molecule has 0 saturated carbocycles. The van der Waals surface area contributed by atoms with E-state index in [2.05, 4.69) is 32.6 Å². The van der Waals surface area contributed by atoms with Gasteiger partial charge in [0.2, 0.25) is 0 Å². The number of carboxylic acid groups (broad SMARTS) is 1. The van der Waals surface area contributed by atoms with Crippen LogP contribution in [0.2, 0.25) is 0 Å². The number of imidazole rings is 1. The van der Waals surface area contributed by atoms with E-state index in [0.29, 0.717) is 16.9 Å². The number of aromatic amines is 1. The molecule has 2 aromatic heterocycles. The molecule has 0 atom stereocenters. The molecule has 3 aromatic rings. The lowest BCUT2D eigenvalue weighted by atomic mass is 10.2. The number of hydrogen-bond donors (Lipinski definition) is 2. The summed E-state index contributed by atoms with van der Waals surface area (Å²) in [7, 11) is 0. The Morgan fingerprint density at radius 3 is 2.84 bits per heavy atom. The molecule has 4 nitrogen and oxygen atoms in total. The Bertz CT molecular complexity index is 796. The van der Waals surface area contributed by atoms with Crippen LogP contribution in [0.4, 0.5) is 4.39 Å². The number of H-pyrrole nitrogens is 1. The topological polar surface area (TPSA) is 66.0 Å². The maximum Gasteiger partial charge on any atom is 0.338 e. The summed E-state index contributed by atoms with van der Waals surface area (Å²) in [4.78, 5) is 18.2. The van der Waals surface area contributed by atoms with Crippen molar-refractivity contribution >= 4 is 50.9 Å². The van der Waals surface area contributed by atoms with E-state index in [1.807, 2.05) is 11.4 Å². The fourth-order valence-electron chi connectivity index (χ4n) is 1.77. The monoisotopic (exact) mass is 388 g/mol. The molecule has 2 heterocycles. The van der Waals surface area contributed by atoms with Crippen molar-refractivity contribution in [2.75, 3.05) is 0 Å². The highest BCUT2D eigenvalue weighted by Gasteiger charge is 2.14. The van der Waals surface area contributed by atoms with Crippen LogP contribution in [0.3, 0.4) is 0 Å². The maximum absolute atomic E-state index is 13.6. The Hall–Kier alpha value is -1.48. The van der Waals surface area contributed by atoms with Crippen molar-refractivity contribution < 1.29 is 14.3 Å². The number of aromatic carboxylic acids is 1. The Kier molecular flexibility index (Phi) is 3.02. The van der Waals surface area contributed by atoms with Gasteiger partial charge in [0, 0.05) is 17.0 Å². The molecule has 0 aliphatic rings. The van der Waals surface area contributed by atoms with E-state index in [9.17, 15) is 9.18 Å². The fourth-order valence-corrected chi connectivity index (χ4v) is 3.10. The number of thiophene rings is 1. The van der Waals surface area contributed by atoms with Crippen LogP contribution in [0.1, 0.15) is 10.4 Å². The van der Waals surface area contributed by atoms with Crippen LogP contribution < -0.4 is 0 Å². The minimum absolute atomic E-state index is 0.370. The second-order valence-electron chi connectivity index (χ2n) is 3.88. The van der Waals surface area contributed by atoms with E-state index < -0.39 is 11.8 Å². The normalized spacial score (nSPS) is 11.1. The van der Waals surface area contributed by atoms with Gasteiger partial charge in [-0.3, -0.25) is 0 Å². The summed E-state index contributed by atoms with van der Waals surface area (Å²) in [5.74, 6) is -1.46. The second-order valence-corrected chi connectivity index (χ2v) is 6.68. The van der Waals surface area contributed by atoms with Crippen LogP contribution in [0.15, 0.2) is 23.6 Å². The summed E-state index contributed by atoms with van der Waals surface area (Å²) in [6.07, 6.45) is 0. The maximum atomic E-state index is 13.6. The van der Waals surface area contributed by atoms with Gasteiger partial charge in [0.1, 0.15) is 11.6 Å². The second kappa shape index (κ2) is 4.57. The number of hydrogen-bond acceptors (Lipinski definition) is 3. The zero-order chi connectivity index (χ0) is 13.6. The quantitative estimate of drug-likeness (QED) is 0.658. The molecule has 0 fully saturated rings. The third-order valence-electron chi connectivity index (χ3n) is 2.64. The largest absolute Gasteiger partial charge is 0.478 e. The van der Waals surface area contributed by atoms with Gasteiger partial charge in [-0.1, -0.05) is 0 Å². The van der Waals surface area contributed by atoms with Crippen molar-refractivity contribution in [3.05, 3.63) is 37.8 Å². The molecule has 1 aromatic carbocycles. The Labute approximate surface area is 124 Å². The molecule has 7 heteroatoms. The zero-order valence-corrected chi connectivity index (χ0v) is 12.3. The van der Waals surface area contributed by atoms with Crippen molar-refractivity contribution in [2.24, 2.45) is 0 Å². The van der Waals surface area contributed by atoms with Gasteiger partial charge in [0.15, 0.2) is 0 Å². The van der Waals surface area contributed by atoms with Gasteiger partial charge in [-0.05, 0) is 34.7 Å². The third kappa shape index (κ3) is 2.23. The highest BCUT2D eigenvalue weighted by molar-refractivity contribution is 14.1. The van der Waals surface area contributed by atoms with Crippen LogP contribution in [-0.4, -0.2) is 21.0 Å². The number of rotatable bonds is 2. The van der Waals surface area contributed by atoms with E-state index in [-0.39, 0.29) is 5.56 Å². The minimum atomic E-state index is -1.30. The lowest BCUT2D eigenvalue weighted by Crippen LogP contribution is -1.99. The number of carbonyl (C=O) groups is 1. The number of halogens is 2. The predicted molar refractivity (Wildman–Crippen MR) is 79.0 cm³/mol. The average molecular weight is 388 g/mol. The van der Waals surface area contributed by atoms with Crippen molar-refractivity contribution in [2.45, 2.75) is 0 Å². The van der Waals surface area contributed by atoms with Gasteiger partial charge in [-0.15, -0.1) is 11.3 Å². The van der Waals surface area contributed by atoms with Gasteiger partial charge < -0.3 is 10.1 Å². The summed E-state index contributed by atoms with van der Waals surface area (Å²) in [6, 6.07) is 4.36. The van der Waals surface area contributed by atoms with Gasteiger partial charge in [-0.25, -0.2) is 14.2 Å². The molecule has 0 unspecified atom stereocenters. The van der Waals surface area contributed by atoms with E-state index in [1.54, 1.807) is 11.3 Å². The lowest BCUT2D eigenvalue weighted by Gasteiger charge is -1.95. The molecule has 0 saturated heterocycles. The Morgan fingerprint density at radius 1 is 1.42 bits per heavy atom. The first-order chi connectivity index (χ1) is 9.04. The molecule has 0 spiro atoms. The number of carboxylic acids is 1. The highest BCUT2D eigenvalue weighted by Crippen LogP contribution is 2.27. The Balaban J connectivity index is 2.18. The molecule has 3 rings (SSSR count). The van der Waals surface area contributed by atoms with Crippen LogP contribution in [0, 0.1) is 8.70 Å². The predicted octanol–water partition coefficient (Wildman–Crippen LogP) is 3.73. The molecule has 0 amide bonds. The summed E-state index contributed by atoms with van der Waals surface area (Å²) >= 11 is 3.78. The van der Waals surface area contributed by atoms with E-state index in [4.69, 9.17) is 5.11 Å². The molecule has 0 aliphatic heterocycles. The Morgan fingerprint density at radius 2 is 2.21 bits per heavy atom. The number of benzene rings is 1. The summed E-state index contributed by atoms with van der Waals surface area (Å²) in [6.45, 7) is 0. The number of nitrogens with zero attached hydrogens (tertiary/aromatic N) is 1. The number of fused-ring (bicyclic) bond motifs is 1. The molecular formula is C12H6FIN2O2S. The first-order valence-corrected chi connectivity index (χ1v) is 7.17. The van der Waals surface area contributed by atoms with Crippen LogP contribution in [-0.2, 0) is 0 Å². The smallest absolute Gasteiger partial charge is 0.338 e. The summed E-state index contributed by atoms with van der Waals surface area (Å²) in [5, 5.41) is 10.8. The summed E-state index contributed by atoms with van der Waals surface area (Å²) < 4.78 is 14.7. The standard InChI is InChI=1S/C12H6FIN2O2S/c13-7-3-9-8(2-6(7)12(17)18)15-11(16-9)5-1-10(14)19-4-5/h1-4H,(H,15,16)(H,17,18). The van der Waals surface area contributed by atoms with E-state index in [0.717, 1.165) is 14.5 Å². The van der Waals surface area contributed by atoms with Crippen molar-refractivity contribution in [1.82, 2.24) is 9.97 Å². The van der Waals surface area contributed by atoms with E-state index in [1.165, 1.54) is 6.07 Å². The molecular weight excluding hydrogens is 382 g/mol. The van der Waals surface area contributed by atoms with Crippen molar-refractivity contribution in [1.29, 1.82) is 0 Å². The molecule has 96 valence electrons. The first kappa shape index (κ1) is 12.5. The summed E-state index contributed by atoms with van der Waals surface area (Å²) in [5.41, 5.74) is 1.46. The number of aromatic nitrogens is 2. The zero-order valence-electron chi connectivity index (χ0n) is 9.28. The molecule has 0 bridgehead atoms. The third-order valence-corrected chi connectivity index (χ3v) is 4.43. The van der Waals surface area contributed by atoms with Gasteiger partial charge in [0.25, 0.3) is 0 Å². The van der Waals surface area contributed by atoms with Crippen LogP contribution in [0.25, 0.3) is 22.4 Å². The highest BCUT2D eigenvalue weighted by atomic mass is 127. The van der Waals surface area contributed by atoms with E-state index >= 15 is 0 Å². The molecule has 0 aliphatic carbocycles. The first-order valence-electron chi connectivity index (χ1n) is 5.21. The molecule has 0 radical (unpaired) electrons. The van der Waals surface area contributed by atoms with Crippen molar-refractivity contribution in [3.63, 3.8) is 0 Å². The molecule has 2 N–H and O–H groups in total. The minimum Gasteiger partial charge on any atom is -0.478 e.